The van der Waals surface area contributed by atoms with Gasteiger partial charge in [0.05, 0.1) is 0 Å². The SMILES string of the molecule is Cc1cc(C)c(C)c(N)c1C.O. The van der Waals surface area contributed by atoms with Crippen molar-refractivity contribution in [3.8, 4) is 0 Å². The Morgan fingerprint density at radius 1 is 0.917 bits per heavy atom. The molecular formula is C10H17NO. The number of benzene rings is 1. The molecule has 1 aromatic carbocycles. The van der Waals surface area contributed by atoms with E-state index in [1.54, 1.807) is 0 Å². The molecule has 0 saturated carbocycles. The third-order valence-electron chi connectivity index (χ3n) is 2.42. The van der Waals surface area contributed by atoms with Crippen molar-refractivity contribution in [1.82, 2.24) is 0 Å². The Labute approximate surface area is 73.7 Å². The predicted octanol–water partition coefficient (Wildman–Crippen LogP) is 1.68. The van der Waals surface area contributed by atoms with Gasteiger partial charge in [-0.25, -0.2) is 0 Å². The summed E-state index contributed by atoms with van der Waals surface area (Å²) in [6, 6.07) is 2.18. The Bertz CT molecular complexity index is 266. The zero-order valence-corrected chi connectivity index (χ0v) is 8.15. The molecule has 0 heterocycles. The average molecular weight is 167 g/mol. The lowest BCUT2D eigenvalue weighted by molar-refractivity contribution is 0.824. The molecule has 0 bridgehead atoms. The molecule has 2 nitrogen and oxygen atoms in total. The summed E-state index contributed by atoms with van der Waals surface area (Å²) in [5, 5.41) is 0. The topological polar surface area (TPSA) is 57.5 Å². The van der Waals surface area contributed by atoms with E-state index < -0.39 is 0 Å². The minimum atomic E-state index is 0. The van der Waals surface area contributed by atoms with E-state index in [0.717, 1.165) is 5.69 Å². The number of anilines is 1. The maximum atomic E-state index is 5.88. The second kappa shape index (κ2) is 3.59. The molecule has 0 radical (unpaired) electrons. The van der Waals surface area contributed by atoms with E-state index in [2.05, 4.69) is 33.8 Å². The molecule has 0 unspecified atom stereocenters. The monoisotopic (exact) mass is 167 g/mol. The van der Waals surface area contributed by atoms with E-state index in [1.807, 2.05) is 0 Å². The van der Waals surface area contributed by atoms with Crippen LogP contribution < -0.4 is 5.73 Å². The summed E-state index contributed by atoms with van der Waals surface area (Å²) in [7, 11) is 0. The lowest BCUT2D eigenvalue weighted by atomic mass is 9.99. The van der Waals surface area contributed by atoms with Crippen molar-refractivity contribution in [2.75, 3.05) is 5.73 Å². The van der Waals surface area contributed by atoms with Gasteiger partial charge in [0.15, 0.2) is 0 Å². The van der Waals surface area contributed by atoms with Crippen LogP contribution in [0.3, 0.4) is 0 Å². The molecular weight excluding hydrogens is 150 g/mol. The molecule has 0 aliphatic carbocycles. The standard InChI is InChI=1S/C10H15N.H2O/c1-6-5-7(2)9(4)10(11)8(6)3;/h5H,11H2,1-4H3;1H2. The van der Waals surface area contributed by atoms with Crippen LogP contribution >= 0.6 is 0 Å². The van der Waals surface area contributed by atoms with Gasteiger partial charge < -0.3 is 11.2 Å². The van der Waals surface area contributed by atoms with E-state index >= 15 is 0 Å². The lowest BCUT2D eigenvalue weighted by Gasteiger charge is -2.10. The summed E-state index contributed by atoms with van der Waals surface area (Å²) in [6.07, 6.45) is 0. The van der Waals surface area contributed by atoms with Crippen molar-refractivity contribution < 1.29 is 5.48 Å². The highest BCUT2D eigenvalue weighted by Gasteiger charge is 2.03. The third-order valence-corrected chi connectivity index (χ3v) is 2.42. The molecule has 0 atom stereocenters. The first-order valence-corrected chi connectivity index (χ1v) is 3.87. The minimum Gasteiger partial charge on any atom is -0.412 e. The predicted molar refractivity (Wildman–Crippen MR) is 53.4 cm³/mol. The van der Waals surface area contributed by atoms with Gasteiger partial charge in [0, 0.05) is 5.69 Å². The van der Waals surface area contributed by atoms with Crippen LogP contribution in [-0.4, -0.2) is 5.48 Å². The largest absolute Gasteiger partial charge is 0.412 e. The van der Waals surface area contributed by atoms with Crippen molar-refractivity contribution in [1.29, 1.82) is 0 Å². The molecule has 0 fully saturated rings. The fourth-order valence-electron chi connectivity index (χ4n) is 1.25. The molecule has 0 aromatic heterocycles. The molecule has 4 N–H and O–H groups in total. The fraction of sp³-hybridized carbons (Fsp3) is 0.400. The van der Waals surface area contributed by atoms with Crippen LogP contribution in [0.2, 0.25) is 0 Å². The summed E-state index contributed by atoms with van der Waals surface area (Å²) < 4.78 is 0. The van der Waals surface area contributed by atoms with E-state index in [1.165, 1.54) is 22.3 Å². The molecule has 1 aromatic rings. The van der Waals surface area contributed by atoms with Gasteiger partial charge in [-0.1, -0.05) is 6.07 Å². The van der Waals surface area contributed by atoms with Gasteiger partial charge in [-0.05, 0) is 49.9 Å². The highest BCUT2D eigenvalue weighted by Crippen LogP contribution is 2.22. The first-order valence-electron chi connectivity index (χ1n) is 3.87. The summed E-state index contributed by atoms with van der Waals surface area (Å²) in [4.78, 5) is 0. The second-order valence-corrected chi connectivity index (χ2v) is 3.17. The van der Waals surface area contributed by atoms with E-state index in [9.17, 15) is 0 Å². The average Bonchev–Trinajstić information content (AvgIpc) is 1.97. The number of aryl methyl sites for hydroxylation is 2. The zero-order chi connectivity index (χ0) is 8.59. The van der Waals surface area contributed by atoms with Gasteiger partial charge in [0.1, 0.15) is 0 Å². The first-order chi connectivity index (χ1) is 5.04. The van der Waals surface area contributed by atoms with Crippen LogP contribution in [0, 0.1) is 27.7 Å². The zero-order valence-electron chi connectivity index (χ0n) is 8.15. The van der Waals surface area contributed by atoms with Crippen LogP contribution in [0.4, 0.5) is 5.69 Å². The van der Waals surface area contributed by atoms with E-state index in [4.69, 9.17) is 5.73 Å². The smallest absolute Gasteiger partial charge is 0.0378 e. The molecule has 68 valence electrons. The Hall–Kier alpha value is -1.02. The second-order valence-electron chi connectivity index (χ2n) is 3.17. The van der Waals surface area contributed by atoms with Crippen molar-refractivity contribution in [3.05, 3.63) is 28.3 Å². The summed E-state index contributed by atoms with van der Waals surface area (Å²) in [6.45, 7) is 8.32. The Morgan fingerprint density at radius 3 is 1.58 bits per heavy atom. The van der Waals surface area contributed by atoms with Gasteiger partial charge in [-0.15, -0.1) is 0 Å². The van der Waals surface area contributed by atoms with Gasteiger partial charge in [-0.2, -0.15) is 0 Å². The third kappa shape index (κ3) is 1.59. The highest BCUT2D eigenvalue weighted by atomic mass is 16.0. The molecule has 0 saturated heterocycles. The summed E-state index contributed by atoms with van der Waals surface area (Å²) >= 11 is 0. The van der Waals surface area contributed by atoms with Crippen LogP contribution in [0.5, 0.6) is 0 Å². The normalized spacial score (nSPS) is 9.33. The summed E-state index contributed by atoms with van der Waals surface area (Å²) in [5.41, 5.74) is 11.8. The fourth-order valence-corrected chi connectivity index (χ4v) is 1.25. The number of nitrogens with two attached hydrogens (primary N) is 1. The number of hydrogen-bond acceptors (Lipinski definition) is 1. The molecule has 2 heteroatoms. The van der Waals surface area contributed by atoms with Gasteiger partial charge >= 0.3 is 0 Å². The van der Waals surface area contributed by atoms with E-state index in [-0.39, 0.29) is 5.48 Å². The molecule has 0 amide bonds. The molecule has 0 aliphatic heterocycles. The summed E-state index contributed by atoms with van der Waals surface area (Å²) in [5.74, 6) is 0. The quantitative estimate of drug-likeness (QED) is 0.587. The van der Waals surface area contributed by atoms with Crippen molar-refractivity contribution in [2.45, 2.75) is 27.7 Å². The van der Waals surface area contributed by atoms with Crippen LogP contribution in [-0.2, 0) is 0 Å². The Kier molecular flexibility index (Phi) is 3.28. The molecule has 0 spiro atoms. The molecule has 12 heavy (non-hydrogen) atoms. The Morgan fingerprint density at radius 2 is 1.25 bits per heavy atom. The van der Waals surface area contributed by atoms with Crippen molar-refractivity contribution in [2.24, 2.45) is 0 Å². The van der Waals surface area contributed by atoms with Crippen LogP contribution in [0.1, 0.15) is 22.3 Å². The van der Waals surface area contributed by atoms with Crippen molar-refractivity contribution in [3.63, 3.8) is 0 Å². The van der Waals surface area contributed by atoms with Gasteiger partial charge in [0.2, 0.25) is 0 Å². The number of rotatable bonds is 0. The minimum absolute atomic E-state index is 0. The number of hydrogen-bond donors (Lipinski definition) is 1. The number of nitrogen functional groups attached to an aromatic ring is 1. The van der Waals surface area contributed by atoms with Crippen molar-refractivity contribution >= 4 is 5.69 Å². The molecule has 0 aliphatic rings. The molecule has 1 rings (SSSR count). The maximum Gasteiger partial charge on any atom is 0.0378 e. The van der Waals surface area contributed by atoms with Crippen LogP contribution in [0.25, 0.3) is 0 Å². The lowest BCUT2D eigenvalue weighted by Crippen LogP contribution is -1.98. The van der Waals surface area contributed by atoms with Crippen LogP contribution in [0.15, 0.2) is 6.07 Å². The first kappa shape index (κ1) is 11.0. The Balaban J connectivity index is 0.00000121. The van der Waals surface area contributed by atoms with Gasteiger partial charge in [0.25, 0.3) is 0 Å². The highest BCUT2D eigenvalue weighted by molar-refractivity contribution is 5.58. The van der Waals surface area contributed by atoms with Gasteiger partial charge in [-0.3, -0.25) is 0 Å². The maximum absolute atomic E-state index is 5.88. The van der Waals surface area contributed by atoms with E-state index in [0.29, 0.717) is 0 Å².